The van der Waals surface area contributed by atoms with Gasteiger partial charge in [-0.1, -0.05) is 44.5 Å². The Morgan fingerprint density at radius 2 is 1.12 bits per heavy atom. The van der Waals surface area contributed by atoms with E-state index in [4.69, 9.17) is 33.7 Å². The highest BCUT2D eigenvalue weighted by Gasteiger charge is 2.37. The zero-order chi connectivity index (χ0) is 58.4. The number of carbonyl (C=O) groups is 7. The predicted octanol–water partition coefficient (Wildman–Crippen LogP) is 9.02. The van der Waals surface area contributed by atoms with Crippen molar-refractivity contribution in [2.24, 2.45) is 15.9 Å². The van der Waals surface area contributed by atoms with E-state index in [1.165, 1.54) is 14.2 Å². The van der Waals surface area contributed by atoms with Crippen molar-refractivity contribution in [3.05, 3.63) is 116 Å². The quantitative estimate of drug-likeness (QED) is 0.0466. The molecule has 0 saturated carbocycles. The molecule has 0 radical (unpaired) electrons. The van der Waals surface area contributed by atoms with Crippen LogP contribution < -0.4 is 39.6 Å². The van der Waals surface area contributed by atoms with Crippen molar-refractivity contribution in [1.82, 2.24) is 25.3 Å². The van der Waals surface area contributed by atoms with Crippen LogP contribution in [0.25, 0.3) is 11.1 Å². The molecule has 0 aliphatic carbocycles. The van der Waals surface area contributed by atoms with Gasteiger partial charge in [0.15, 0.2) is 23.0 Å². The first-order chi connectivity index (χ1) is 39.5. The second kappa shape index (κ2) is 25.8. The molecule has 22 heteroatoms. The molecule has 5 aliphatic heterocycles. The number of halogens is 2. The number of amides is 7. The molecule has 4 aromatic carbocycles. The Balaban J connectivity index is 0.734. The minimum absolute atomic E-state index is 0.142. The zero-order valence-electron chi connectivity index (χ0n) is 46.1. The van der Waals surface area contributed by atoms with E-state index in [-0.39, 0.29) is 70.9 Å². The van der Waals surface area contributed by atoms with E-state index < -0.39 is 35.7 Å². The third-order valence-electron chi connectivity index (χ3n) is 14.6. The number of nitrogens with zero attached hydrogens (tertiary/aromatic N) is 5. The summed E-state index contributed by atoms with van der Waals surface area (Å²) < 4.78 is 29.4. The lowest BCUT2D eigenvalue weighted by Crippen LogP contribution is -2.53. The minimum atomic E-state index is -0.935. The molecule has 428 valence electrons. The standard InChI is InChI=1S/C60H62Br2N8O12/c1-33(2)54(67-51(71)11-8-7-9-20-68-59(76)52(61)53(62)60(68)77)56(73)65-34(3)55(72)66-39-16-12-35(13-17-39)37-23-40-29-63-45-27-49(47(79-5)25-43(45)57(74)69(40)31-37)81-21-10-22-82-50-28-46-44(26-48(50)80-6)58(75)70-32-38(24-41(70)30-64-46)36-14-18-42(78-4)19-15-36/h12-19,25-34,40-41,54H,7-11,20-24H2,1-6H3,(H,65,73)(H,66,72)(H,67,71)/t34?,40-,41?,54?/m0/s1. The molecule has 7 amide bonds. The molecule has 3 N–H and O–H groups in total. The smallest absolute Gasteiger partial charge is 0.269 e. The molecule has 9 rings (SSSR count). The number of fused-ring (bicyclic) bond motifs is 4. The third kappa shape index (κ3) is 12.8. The maximum atomic E-state index is 14.1. The van der Waals surface area contributed by atoms with Crippen LogP contribution >= 0.6 is 31.9 Å². The number of carbonyl (C=O) groups excluding carboxylic acids is 7. The summed E-state index contributed by atoms with van der Waals surface area (Å²) in [4.78, 5) is 106. The van der Waals surface area contributed by atoms with Crippen LogP contribution in [0, 0.1) is 5.92 Å². The number of methoxy groups -OCH3 is 3. The van der Waals surface area contributed by atoms with Crippen LogP contribution in [0.2, 0.25) is 0 Å². The number of hydrogen-bond donors (Lipinski definition) is 3. The number of benzene rings is 4. The van der Waals surface area contributed by atoms with Gasteiger partial charge < -0.3 is 49.4 Å². The predicted molar refractivity (Wildman–Crippen MR) is 316 cm³/mol. The Hall–Kier alpha value is -8.11. The molecule has 4 aromatic rings. The fourth-order valence-electron chi connectivity index (χ4n) is 9.99. The van der Waals surface area contributed by atoms with Gasteiger partial charge in [-0.15, -0.1) is 0 Å². The Morgan fingerprint density at radius 1 is 0.610 bits per heavy atom. The van der Waals surface area contributed by atoms with Crippen molar-refractivity contribution in [3.8, 4) is 28.7 Å². The number of anilines is 1. The molecule has 0 spiro atoms. The Morgan fingerprint density at radius 3 is 1.61 bits per heavy atom. The topological polar surface area (TPSA) is 236 Å². The van der Waals surface area contributed by atoms with E-state index in [9.17, 15) is 33.6 Å². The Bertz CT molecular complexity index is 3330. The van der Waals surface area contributed by atoms with Gasteiger partial charge in [-0.05, 0) is 116 Å². The normalized spacial score (nSPS) is 17.7. The van der Waals surface area contributed by atoms with Crippen LogP contribution in [0.5, 0.6) is 28.7 Å². The monoisotopic (exact) mass is 1240 g/mol. The number of unbranched alkanes of at least 4 members (excludes halogenated alkanes) is 2. The molecular weight excluding hydrogens is 1180 g/mol. The van der Waals surface area contributed by atoms with Crippen molar-refractivity contribution >= 4 is 114 Å². The maximum Gasteiger partial charge on any atom is 0.269 e. The third-order valence-corrected chi connectivity index (χ3v) is 16.6. The van der Waals surface area contributed by atoms with Gasteiger partial charge in [0, 0.05) is 74.9 Å². The van der Waals surface area contributed by atoms with Crippen molar-refractivity contribution < 1.29 is 57.2 Å². The van der Waals surface area contributed by atoms with Gasteiger partial charge >= 0.3 is 0 Å². The Kier molecular flexibility index (Phi) is 18.4. The Labute approximate surface area is 491 Å². The number of ether oxygens (including phenoxy) is 5. The van der Waals surface area contributed by atoms with Gasteiger partial charge in [0.25, 0.3) is 23.6 Å². The molecule has 0 aromatic heterocycles. The van der Waals surface area contributed by atoms with Crippen LogP contribution in [-0.4, -0.2) is 134 Å². The molecule has 0 saturated heterocycles. The van der Waals surface area contributed by atoms with E-state index in [0.29, 0.717) is 89.7 Å². The lowest BCUT2D eigenvalue weighted by Gasteiger charge is -2.24. The summed E-state index contributed by atoms with van der Waals surface area (Å²) in [5.41, 5.74) is 5.92. The summed E-state index contributed by atoms with van der Waals surface area (Å²) >= 11 is 6.23. The number of hydrogen-bond acceptors (Lipinski definition) is 14. The van der Waals surface area contributed by atoms with Crippen LogP contribution in [0.3, 0.4) is 0 Å². The molecule has 82 heavy (non-hydrogen) atoms. The number of aliphatic imine (C=N–C) groups is 2. The summed E-state index contributed by atoms with van der Waals surface area (Å²) in [6.07, 6.45) is 10.5. The van der Waals surface area contributed by atoms with Gasteiger partial charge in [-0.25, -0.2) is 0 Å². The van der Waals surface area contributed by atoms with E-state index >= 15 is 0 Å². The highest BCUT2D eigenvalue weighted by atomic mass is 79.9. The van der Waals surface area contributed by atoms with Gasteiger partial charge in [-0.3, -0.25) is 48.4 Å². The van der Waals surface area contributed by atoms with E-state index in [0.717, 1.165) is 32.9 Å². The molecule has 4 atom stereocenters. The molecule has 3 unspecified atom stereocenters. The van der Waals surface area contributed by atoms with Crippen molar-refractivity contribution in [2.45, 2.75) is 89.9 Å². The van der Waals surface area contributed by atoms with Gasteiger partial charge in [-0.2, -0.15) is 0 Å². The second-order valence-electron chi connectivity index (χ2n) is 20.4. The molecule has 0 bridgehead atoms. The van der Waals surface area contributed by atoms with Crippen molar-refractivity contribution in [2.75, 3.05) is 46.4 Å². The lowest BCUT2D eigenvalue weighted by molar-refractivity contribution is -0.137. The van der Waals surface area contributed by atoms with E-state index in [1.807, 2.05) is 48.8 Å². The molecule has 5 aliphatic rings. The van der Waals surface area contributed by atoms with Crippen molar-refractivity contribution in [1.29, 1.82) is 0 Å². The average Bonchev–Trinajstić information content (AvgIpc) is 4.34. The van der Waals surface area contributed by atoms with Crippen LogP contribution in [0.1, 0.15) is 97.6 Å². The minimum Gasteiger partial charge on any atom is -0.497 e. The fraction of sp³-hybridized carbons (Fsp3) is 0.350. The summed E-state index contributed by atoms with van der Waals surface area (Å²) in [5.74, 6) is -0.455. The van der Waals surface area contributed by atoms with E-state index in [1.54, 1.807) is 86.5 Å². The molecular formula is C60H62Br2N8O12. The maximum absolute atomic E-state index is 14.1. The number of imide groups is 1. The SMILES string of the molecule is COc1ccc(C2=CN3C(=O)c4cc(OC)c(OCCCOc5cc6c(cc5OC)C(=O)N5C=C(c7ccc(NC(=O)C(C)NC(=O)C(NC(=O)CCCCCN8C(=O)C(Br)=C(Br)C8=O)C(C)C)cc7)C[C@H]5C=N6)cc4N=CC3C2)cc1. The average molecular weight is 1250 g/mol. The van der Waals surface area contributed by atoms with Gasteiger partial charge in [0.05, 0.1) is 69.1 Å². The van der Waals surface area contributed by atoms with Gasteiger partial charge in [0.1, 0.15) is 26.8 Å². The molecule has 0 fully saturated rings. The number of rotatable bonds is 23. The summed E-state index contributed by atoms with van der Waals surface area (Å²) in [7, 11) is 4.65. The van der Waals surface area contributed by atoms with Crippen LogP contribution in [0.4, 0.5) is 17.1 Å². The highest BCUT2D eigenvalue weighted by molar-refractivity contribution is 9.14. The first kappa shape index (κ1) is 58.5. The summed E-state index contributed by atoms with van der Waals surface area (Å²) in [6, 6.07) is 19.2. The zero-order valence-corrected chi connectivity index (χ0v) is 49.3. The molecule has 20 nitrogen and oxygen atoms in total. The number of nitrogens with one attached hydrogen (secondary N) is 3. The van der Waals surface area contributed by atoms with Crippen LogP contribution in [0.15, 0.2) is 104 Å². The van der Waals surface area contributed by atoms with Crippen molar-refractivity contribution in [3.63, 3.8) is 0 Å². The fourth-order valence-corrected chi connectivity index (χ4v) is 10.8. The highest BCUT2D eigenvalue weighted by Crippen LogP contribution is 2.42. The largest absolute Gasteiger partial charge is 0.497 e. The first-order valence-corrected chi connectivity index (χ1v) is 28.5. The lowest BCUT2D eigenvalue weighted by atomic mass is 10.0. The first-order valence-electron chi connectivity index (χ1n) is 26.9. The molecule has 5 heterocycles. The summed E-state index contributed by atoms with van der Waals surface area (Å²) in [6.45, 7) is 5.87. The van der Waals surface area contributed by atoms with Crippen LogP contribution in [-0.2, 0) is 24.0 Å². The van der Waals surface area contributed by atoms with E-state index in [2.05, 4.69) is 47.8 Å². The second-order valence-corrected chi connectivity index (χ2v) is 22.0. The van der Waals surface area contributed by atoms with Gasteiger partial charge in [0.2, 0.25) is 17.7 Å². The summed E-state index contributed by atoms with van der Waals surface area (Å²) in [5, 5.41) is 8.34.